The van der Waals surface area contributed by atoms with E-state index in [2.05, 4.69) is 14.6 Å². The van der Waals surface area contributed by atoms with Crippen molar-refractivity contribution in [3.63, 3.8) is 0 Å². The summed E-state index contributed by atoms with van der Waals surface area (Å²) in [5, 5.41) is 0. The number of fused-ring (bicyclic) bond motifs is 1. The molecule has 0 aromatic heterocycles. The summed E-state index contributed by atoms with van der Waals surface area (Å²) in [7, 11) is -3.62. The Morgan fingerprint density at radius 2 is 2.20 bits per heavy atom. The highest BCUT2D eigenvalue weighted by molar-refractivity contribution is 7.89. The van der Waals surface area contributed by atoms with Gasteiger partial charge in [-0.3, -0.25) is 0 Å². The highest BCUT2D eigenvalue weighted by Crippen LogP contribution is 2.39. The molecule has 1 heterocycles. The van der Waals surface area contributed by atoms with Crippen molar-refractivity contribution >= 4 is 32.8 Å². The van der Waals surface area contributed by atoms with Crippen LogP contribution in [0.4, 0.5) is 11.4 Å². The number of sulfonamides is 1. The molecule has 104 valence electrons. The SMILES string of the molecule is C#CCN(CC1CC1)S(=O)(=O)c1cccc2c1N=S=N2. The lowest BCUT2D eigenvalue weighted by molar-refractivity contribution is 0.430. The van der Waals surface area contributed by atoms with Crippen LogP contribution in [0, 0.1) is 18.3 Å². The average molecular weight is 307 g/mol. The maximum atomic E-state index is 12.8. The van der Waals surface area contributed by atoms with E-state index >= 15 is 0 Å². The van der Waals surface area contributed by atoms with Crippen LogP contribution in [0.25, 0.3) is 0 Å². The molecule has 0 radical (unpaired) electrons. The number of terminal acetylenes is 1. The van der Waals surface area contributed by atoms with Crippen LogP contribution in [0.5, 0.6) is 0 Å². The van der Waals surface area contributed by atoms with Gasteiger partial charge in [0.1, 0.15) is 16.3 Å². The molecule has 0 atom stereocenters. The first-order valence-electron chi connectivity index (χ1n) is 6.28. The van der Waals surface area contributed by atoms with Crippen LogP contribution >= 0.6 is 0 Å². The summed E-state index contributed by atoms with van der Waals surface area (Å²) in [6.45, 7) is 0.577. The summed E-state index contributed by atoms with van der Waals surface area (Å²) >= 11 is 1.01. The third kappa shape index (κ3) is 2.42. The molecule has 0 bridgehead atoms. The first-order chi connectivity index (χ1) is 9.63. The van der Waals surface area contributed by atoms with Crippen molar-refractivity contribution in [2.75, 3.05) is 13.1 Å². The Morgan fingerprint density at radius 3 is 2.90 bits per heavy atom. The van der Waals surface area contributed by atoms with Gasteiger partial charge in [-0.15, -0.1) is 6.42 Å². The third-order valence-corrected chi connectivity index (χ3v) is 5.68. The largest absolute Gasteiger partial charge is 0.246 e. The molecule has 1 aromatic rings. The van der Waals surface area contributed by atoms with Gasteiger partial charge < -0.3 is 0 Å². The van der Waals surface area contributed by atoms with E-state index in [0.29, 0.717) is 23.8 Å². The molecule has 2 aliphatic rings. The van der Waals surface area contributed by atoms with Crippen LogP contribution in [0.15, 0.2) is 31.8 Å². The number of hydrogen-bond acceptors (Lipinski definition) is 4. The van der Waals surface area contributed by atoms with Crippen LogP contribution in [0.3, 0.4) is 0 Å². The zero-order valence-electron chi connectivity index (χ0n) is 10.7. The second-order valence-electron chi connectivity index (χ2n) is 4.83. The number of hydrogen-bond donors (Lipinski definition) is 0. The second-order valence-corrected chi connectivity index (χ2v) is 7.27. The minimum Gasteiger partial charge on any atom is -0.207 e. The van der Waals surface area contributed by atoms with E-state index in [-0.39, 0.29) is 11.4 Å². The zero-order chi connectivity index (χ0) is 14.2. The van der Waals surface area contributed by atoms with Gasteiger partial charge in [-0.25, -0.2) is 8.42 Å². The molecule has 0 unspecified atom stereocenters. The predicted octanol–water partition coefficient (Wildman–Crippen LogP) is 2.45. The van der Waals surface area contributed by atoms with Crippen LogP contribution in [0.2, 0.25) is 0 Å². The van der Waals surface area contributed by atoms with Crippen molar-refractivity contribution in [1.29, 1.82) is 0 Å². The molecule has 0 amide bonds. The fourth-order valence-corrected chi connectivity index (χ4v) is 4.25. The van der Waals surface area contributed by atoms with Crippen LogP contribution < -0.4 is 0 Å². The van der Waals surface area contributed by atoms with E-state index < -0.39 is 10.0 Å². The lowest BCUT2D eigenvalue weighted by Crippen LogP contribution is -2.33. The number of nitrogens with zero attached hydrogens (tertiary/aromatic N) is 3. The molecule has 7 heteroatoms. The molecular formula is C13H13N3O2S2. The van der Waals surface area contributed by atoms with Gasteiger partial charge >= 0.3 is 0 Å². The van der Waals surface area contributed by atoms with Crippen LogP contribution in [-0.2, 0) is 21.4 Å². The normalized spacial score (nSPS) is 16.8. The molecule has 1 saturated carbocycles. The van der Waals surface area contributed by atoms with Crippen LogP contribution in [0.1, 0.15) is 12.8 Å². The van der Waals surface area contributed by atoms with E-state index in [1.54, 1.807) is 18.2 Å². The highest BCUT2D eigenvalue weighted by Gasteiger charge is 2.33. The summed E-state index contributed by atoms with van der Waals surface area (Å²) in [5.74, 6) is 2.87. The average Bonchev–Trinajstić information content (AvgIpc) is 3.12. The van der Waals surface area contributed by atoms with Gasteiger partial charge in [-0.05, 0) is 30.9 Å². The van der Waals surface area contributed by atoms with E-state index in [4.69, 9.17) is 6.42 Å². The van der Waals surface area contributed by atoms with Gasteiger partial charge in [-0.1, -0.05) is 12.0 Å². The summed E-state index contributed by atoms with van der Waals surface area (Å²) in [5.41, 5.74) is 1.03. The molecule has 1 aliphatic heterocycles. The molecule has 1 aromatic carbocycles. The van der Waals surface area contributed by atoms with Gasteiger partial charge in [0, 0.05) is 6.54 Å². The fraction of sp³-hybridized carbons (Fsp3) is 0.385. The standard InChI is InChI=1S/C13H13N3O2S2/c1-2-8-16(9-10-6-7-10)20(17,18)12-5-3-4-11-13(12)15-19-14-11/h1,3-5,10H,6-9H2. The number of rotatable bonds is 5. The maximum Gasteiger partial charge on any atom is 0.246 e. The molecule has 0 N–H and O–H groups in total. The zero-order valence-corrected chi connectivity index (χ0v) is 12.3. The molecule has 0 spiro atoms. The summed E-state index contributed by atoms with van der Waals surface area (Å²) in [6.07, 6.45) is 7.45. The Kier molecular flexibility index (Phi) is 3.46. The first-order valence-corrected chi connectivity index (χ1v) is 8.45. The predicted molar refractivity (Wildman–Crippen MR) is 78.3 cm³/mol. The molecule has 3 rings (SSSR count). The molecule has 1 fully saturated rings. The van der Waals surface area contributed by atoms with Gasteiger partial charge in [-0.2, -0.15) is 13.0 Å². The summed E-state index contributed by atoms with van der Waals surface area (Å²) in [6, 6.07) is 5.00. The van der Waals surface area contributed by atoms with Crippen molar-refractivity contribution < 1.29 is 8.42 Å². The van der Waals surface area contributed by atoms with E-state index in [9.17, 15) is 8.42 Å². The Hall–Kier alpha value is -1.49. The molecular weight excluding hydrogens is 294 g/mol. The van der Waals surface area contributed by atoms with Crippen LogP contribution in [-0.4, -0.2) is 25.8 Å². The first kappa shape index (κ1) is 13.5. The Balaban J connectivity index is 2.00. The minimum absolute atomic E-state index is 0.0901. The molecule has 0 saturated heterocycles. The highest BCUT2D eigenvalue weighted by atomic mass is 32.2. The van der Waals surface area contributed by atoms with Gasteiger partial charge in [0.15, 0.2) is 0 Å². The van der Waals surface area contributed by atoms with Crippen molar-refractivity contribution in [3.8, 4) is 12.3 Å². The fourth-order valence-electron chi connectivity index (χ4n) is 2.07. The Morgan fingerprint density at radius 1 is 1.40 bits per heavy atom. The summed E-state index contributed by atoms with van der Waals surface area (Å²) in [4.78, 5) is 0.194. The second kappa shape index (κ2) is 5.13. The van der Waals surface area contributed by atoms with Gasteiger partial charge in [0.05, 0.1) is 17.9 Å². The molecule has 5 nitrogen and oxygen atoms in total. The lowest BCUT2D eigenvalue weighted by Gasteiger charge is -2.20. The quantitative estimate of drug-likeness (QED) is 0.797. The third-order valence-electron chi connectivity index (χ3n) is 3.29. The van der Waals surface area contributed by atoms with E-state index in [1.807, 2.05) is 0 Å². The van der Waals surface area contributed by atoms with E-state index in [0.717, 1.165) is 24.2 Å². The monoisotopic (exact) mass is 307 g/mol. The maximum absolute atomic E-state index is 12.8. The minimum atomic E-state index is -3.62. The van der Waals surface area contributed by atoms with Crippen molar-refractivity contribution in [2.45, 2.75) is 17.7 Å². The Bertz CT molecular complexity index is 754. The Labute approximate surface area is 121 Å². The smallest absolute Gasteiger partial charge is 0.207 e. The lowest BCUT2D eigenvalue weighted by atomic mass is 10.3. The number of benzene rings is 1. The summed E-state index contributed by atoms with van der Waals surface area (Å²) < 4.78 is 35.1. The van der Waals surface area contributed by atoms with Crippen molar-refractivity contribution in [3.05, 3.63) is 18.2 Å². The van der Waals surface area contributed by atoms with E-state index in [1.165, 1.54) is 4.31 Å². The van der Waals surface area contributed by atoms with Gasteiger partial charge in [0.25, 0.3) is 0 Å². The molecule has 20 heavy (non-hydrogen) atoms. The molecule has 1 aliphatic carbocycles. The topological polar surface area (TPSA) is 62.1 Å². The van der Waals surface area contributed by atoms with Gasteiger partial charge in [0.2, 0.25) is 10.0 Å². The van der Waals surface area contributed by atoms with Crippen molar-refractivity contribution in [2.24, 2.45) is 14.6 Å². The van der Waals surface area contributed by atoms with Crippen molar-refractivity contribution in [1.82, 2.24) is 4.31 Å².